The first kappa shape index (κ1) is 25.6. The van der Waals surface area contributed by atoms with Crippen LogP contribution in [-0.4, -0.2) is 19.3 Å². The van der Waals surface area contributed by atoms with Crippen LogP contribution in [0.2, 0.25) is 0 Å². The van der Waals surface area contributed by atoms with E-state index in [-0.39, 0.29) is 5.69 Å². The van der Waals surface area contributed by atoms with Crippen molar-refractivity contribution in [2.45, 2.75) is 32.9 Å². The Morgan fingerprint density at radius 1 is 0.925 bits per heavy atom. The van der Waals surface area contributed by atoms with Gasteiger partial charge in [0.05, 0.1) is 12.1 Å². The molecule has 0 radical (unpaired) electrons. The fourth-order valence-corrected chi connectivity index (χ4v) is 6.29. The summed E-state index contributed by atoms with van der Waals surface area (Å²) in [5.41, 5.74) is 6.98. The second-order valence-corrected chi connectivity index (χ2v) is 11.1. The van der Waals surface area contributed by atoms with Crippen molar-refractivity contribution in [1.82, 2.24) is 19.3 Å². The number of hydrogen-bond acceptors (Lipinski definition) is 5. The molecule has 200 valence electrons. The number of thiophene rings is 1. The number of nitrogens with zero attached hydrogens (tertiary/aromatic N) is 3. The number of rotatable bonds is 9. The van der Waals surface area contributed by atoms with Crippen LogP contribution in [0.15, 0.2) is 111 Å². The van der Waals surface area contributed by atoms with Crippen molar-refractivity contribution in [3.05, 3.63) is 134 Å². The topological polar surface area (TPSA) is 85.8 Å². The van der Waals surface area contributed by atoms with Gasteiger partial charge in [0.1, 0.15) is 4.83 Å². The molecule has 0 amide bonds. The SMILES string of the molecule is C=C(C)Cc1cc2c(s1)n(Cc1ccc(-c3ccccc3-c3noc(=O)[nH]3)cc1)c(=O)n2CCc1ccccc1. The van der Waals surface area contributed by atoms with Crippen molar-refractivity contribution in [1.29, 1.82) is 0 Å². The number of aromatic amines is 1. The zero-order valence-corrected chi connectivity index (χ0v) is 22.9. The minimum absolute atomic E-state index is 0.00321. The van der Waals surface area contributed by atoms with Gasteiger partial charge in [-0.05, 0) is 41.7 Å². The Bertz CT molecular complexity index is 1920. The van der Waals surface area contributed by atoms with E-state index in [1.807, 2.05) is 82.8 Å². The number of imidazole rings is 1. The van der Waals surface area contributed by atoms with Crippen LogP contribution in [0.1, 0.15) is 22.9 Å². The third kappa shape index (κ3) is 5.13. The van der Waals surface area contributed by atoms with E-state index in [1.54, 1.807) is 11.3 Å². The molecule has 0 fully saturated rings. The molecule has 6 aromatic rings. The molecule has 0 spiro atoms. The number of aromatic nitrogens is 4. The number of fused-ring (bicyclic) bond motifs is 1. The fourth-order valence-electron chi connectivity index (χ4n) is 5.03. The molecule has 7 nitrogen and oxygen atoms in total. The highest BCUT2D eigenvalue weighted by Crippen LogP contribution is 2.31. The summed E-state index contributed by atoms with van der Waals surface area (Å²) in [4.78, 5) is 30.0. The number of nitrogens with one attached hydrogen (secondary N) is 1. The number of allylic oxidation sites excluding steroid dienone is 1. The first-order valence-electron chi connectivity index (χ1n) is 13.1. The third-order valence-corrected chi connectivity index (χ3v) is 8.06. The normalized spacial score (nSPS) is 11.3. The summed E-state index contributed by atoms with van der Waals surface area (Å²) >= 11 is 1.67. The molecule has 0 aliphatic carbocycles. The number of aryl methyl sites for hydroxylation is 2. The van der Waals surface area contributed by atoms with E-state index in [1.165, 1.54) is 10.4 Å². The zero-order chi connectivity index (χ0) is 27.6. The van der Waals surface area contributed by atoms with Crippen LogP contribution in [0.25, 0.3) is 32.9 Å². The molecular formula is C32H28N4O3S. The molecular weight excluding hydrogens is 520 g/mol. The number of H-pyrrole nitrogens is 1. The minimum Gasteiger partial charge on any atom is -0.296 e. The molecule has 3 heterocycles. The Hall–Kier alpha value is -4.69. The lowest BCUT2D eigenvalue weighted by atomic mass is 9.98. The van der Waals surface area contributed by atoms with Crippen molar-refractivity contribution in [2.75, 3.05) is 0 Å². The molecule has 3 aromatic carbocycles. The largest absolute Gasteiger partial charge is 0.439 e. The van der Waals surface area contributed by atoms with Gasteiger partial charge in [0.2, 0.25) is 0 Å². The standard InChI is InChI=1S/C32H28N4O3S/c1-21(2)18-25-19-28-30(40-25)36(32(38)35(28)17-16-22-8-4-3-5-9-22)20-23-12-14-24(15-13-23)26-10-6-7-11-27(26)29-33-31(37)39-34-29/h3-15,19H,1,16-18,20H2,2H3,(H,33,34,37). The Kier molecular flexibility index (Phi) is 6.92. The summed E-state index contributed by atoms with van der Waals surface area (Å²) in [6.07, 6.45) is 1.59. The second-order valence-electron chi connectivity index (χ2n) is 9.98. The van der Waals surface area contributed by atoms with Crippen molar-refractivity contribution >= 4 is 21.7 Å². The predicted octanol–water partition coefficient (Wildman–Crippen LogP) is 6.28. The molecule has 8 heteroatoms. The molecule has 0 aliphatic rings. The fraction of sp³-hybridized carbons (Fsp3) is 0.156. The van der Waals surface area contributed by atoms with E-state index >= 15 is 0 Å². The van der Waals surface area contributed by atoms with Gasteiger partial charge in [-0.3, -0.25) is 18.6 Å². The van der Waals surface area contributed by atoms with E-state index in [4.69, 9.17) is 4.52 Å². The smallest absolute Gasteiger partial charge is 0.296 e. The van der Waals surface area contributed by atoms with Gasteiger partial charge in [-0.2, -0.15) is 0 Å². The molecule has 6 rings (SSSR count). The van der Waals surface area contributed by atoms with Crippen molar-refractivity contribution in [3.8, 4) is 22.5 Å². The first-order valence-corrected chi connectivity index (χ1v) is 13.9. The average Bonchev–Trinajstić information content (AvgIpc) is 3.63. The number of hydrogen-bond donors (Lipinski definition) is 1. The third-order valence-electron chi connectivity index (χ3n) is 6.91. The van der Waals surface area contributed by atoms with Crippen molar-refractivity contribution in [3.63, 3.8) is 0 Å². The van der Waals surface area contributed by atoms with Crippen LogP contribution in [0.4, 0.5) is 0 Å². The molecule has 0 saturated carbocycles. The lowest BCUT2D eigenvalue weighted by Gasteiger charge is -2.09. The summed E-state index contributed by atoms with van der Waals surface area (Å²) in [5, 5.41) is 3.85. The van der Waals surface area contributed by atoms with Gasteiger partial charge >= 0.3 is 11.4 Å². The molecule has 0 unspecified atom stereocenters. The Balaban J connectivity index is 1.32. The van der Waals surface area contributed by atoms with Crippen LogP contribution in [0.5, 0.6) is 0 Å². The van der Waals surface area contributed by atoms with Crippen LogP contribution < -0.4 is 11.4 Å². The van der Waals surface area contributed by atoms with Crippen molar-refractivity contribution in [2.24, 2.45) is 0 Å². The van der Waals surface area contributed by atoms with Crippen LogP contribution in [-0.2, 0) is 25.9 Å². The highest BCUT2D eigenvalue weighted by Gasteiger charge is 2.18. The Morgan fingerprint density at radius 3 is 2.35 bits per heavy atom. The van der Waals surface area contributed by atoms with E-state index in [0.717, 1.165) is 51.0 Å². The van der Waals surface area contributed by atoms with Gasteiger partial charge < -0.3 is 0 Å². The van der Waals surface area contributed by atoms with Gasteiger partial charge in [-0.15, -0.1) is 11.3 Å². The summed E-state index contributed by atoms with van der Waals surface area (Å²) in [6, 6.07) is 28.3. The average molecular weight is 549 g/mol. The van der Waals surface area contributed by atoms with Gasteiger partial charge in [0, 0.05) is 23.4 Å². The van der Waals surface area contributed by atoms with Gasteiger partial charge in [-0.25, -0.2) is 9.59 Å². The van der Waals surface area contributed by atoms with Gasteiger partial charge in [-0.1, -0.05) is 96.2 Å². The Morgan fingerprint density at radius 2 is 1.65 bits per heavy atom. The number of benzene rings is 3. The molecule has 0 bridgehead atoms. The minimum atomic E-state index is -0.590. The van der Waals surface area contributed by atoms with Crippen LogP contribution >= 0.6 is 11.3 Å². The monoisotopic (exact) mass is 548 g/mol. The van der Waals surface area contributed by atoms with Gasteiger partial charge in [0.15, 0.2) is 5.82 Å². The maximum Gasteiger partial charge on any atom is 0.439 e. The van der Waals surface area contributed by atoms with Crippen molar-refractivity contribution < 1.29 is 4.52 Å². The van der Waals surface area contributed by atoms with E-state index < -0.39 is 5.76 Å². The maximum absolute atomic E-state index is 13.7. The lowest BCUT2D eigenvalue weighted by molar-refractivity contribution is 0.388. The molecule has 0 atom stereocenters. The highest BCUT2D eigenvalue weighted by atomic mass is 32.1. The first-order chi connectivity index (χ1) is 19.5. The van der Waals surface area contributed by atoms with Crippen LogP contribution in [0, 0.1) is 0 Å². The summed E-state index contributed by atoms with van der Waals surface area (Å²) in [6.45, 7) is 7.20. The van der Waals surface area contributed by atoms with Gasteiger partial charge in [0.25, 0.3) is 0 Å². The summed E-state index contributed by atoms with van der Waals surface area (Å²) in [7, 11) is 0. The predicted molar refractivity (Wildman–Crippen MR) is 160 cm³/mol. The maximum atomic E-state index is 13.7. The van der Waals surface area contributed by atoms with E-state index in [0.29, 0.717) is 18.9 Å². The summed E-state index contributed by atoms with van der Waals surface area (Å²) in [5.74, 6) is -0.202. The zero-order valence-electron chi connectivity index (χ0n) is 22.1. The molecule has 40 heavy (non-hydrogen) atoms. The quantitative estimate of drug-likeness (QED) is 0.215. The second kappa shape index (κ2) is 10.8. The van der Waals surface area contributed by atoms with E-state index in [9.17, 15) is 9.59 Å². The molecule has 3 aromatic heterocycles. The Labute approximate surface area is 234 Å². The molecule has 1 N–H and O–H groups in total. The molecule has 0 aliphatic heterocycles. The molecule has 0 saturated heterocycles. The summed E-state index contributed by atoms with van der Waals surface area (Å²) < 4.78 is 8.50. The van der Waals surface area contributed by atoms with Crippen LogP contribution in [0.3, 0.4) is 0 Å². The lowest BCUT2D eigenvalue weighted by Crippen LogP contribution is -2.25. The van der Waals surface area contributed by atoms with E-state index in [2.05, 4.69) is 34.9 Å². The highest BCUT2D eigenvalue weighted by molar-refractivity contribution is 7.18.